The summed E-state index contributed by atoms with van der Waals surface area (Å²) >= 11 is 0. The zero-order valence-corrected chi connectivity index (χ0v) is 12.9. The molecule has 0 saturated carbocycles. The van der Waals surface area contributed by atoms with E-state index in [4.69, 9.17) is 15.7 Å². The van der Waals surface area contributed by atoms with Gasteiger partial charge in [0.1, 0.15) is 11.4 Å². The van der Waals surface area contributed by atoms with Crippen molar-refractivity contribution in [2.45, 2.75) is 0 Å². The van der Waals surface area contributed by atoms with E-state index in [1.165, 1.54) is 25.3 Å². The second kappa shape index (κ2) is 6.18. The number of rotatable bonds is 6. The van der Waals surface area contributed by atoms with E-state index in [1.807, 2.05) is 0 Å². The maximum absolute atomic E-state index is 11.9. The molecule has 0 radical (unpaired) electrons. The van der Waals surface area contributed by atoms with Crippen LogP contribution in [0, 0.1) is 0 Å². The molecule has 0 spiro atoms. The second-order valence-electron chi connectivity index (χ2n) is 4.13. The average Bonchev–Trinajstić information content (AvgIpc) is 2.34. The quantitative estimate of drug-likeness (QED) is 0.275. The zero-order chi connectivity index (χ0) is 16.3. The lowest BCUT2D eigenvalue weighted by atomic mass is 10.1. The number of hydrogen-bond acceptors (Lipinski definition) is 7. The fraction of sp³-hybridized carbons (Fsp3) is 0.300. The van der Waals surface area contributed by atoms with Crippen LogP contribution in [0.25, 0.3) is 0 Å². The van der Waals surface area contributed by atoms with Gasteiger partial charge in [-0.2, -0.15) is 0 Å². The van der Waals surface area contributed by atoms with Gasteiger partial charge in [-0.3, -0.25) is 4.72 Å². The summed E-state index contributed by atoms with van der Waals surface area (Å²) in [6, 6.07) is 4.32. The number of ether oxygens (including phenoxy) is 1. The Hall–Kier alpha value is -2.01. The molecule has 4 N–H and O–H groups in total. The summed E-state index contributed by atoms with van der Waals surface area (Å²) in [5.74, 6) is -0.262. The van der Waals surface area contributed by atoms with Gasteiger partial charge in [-0.05, 0) is 12.1 Å². The monoisotopic (exact) mass is 337 g/mol. The number of sulfonamides is 1. The zero-order valence-electron chi connectivity index (χ0n) is 11.3. The molecule has 9 nitrogen and oxygen atoms in total. The summed E-state index contributed by atoms with van der Waals surface area (Å²) in [6.07, 6.45) is 0.791. The predicted octanol–water partition coefficient (Wildman–Crippen LogP) is -0.466. The number of nitrogens with two attached hydrogens (primary N) is 1. The Kier molecular flexibility index (Phi) is 5.01. The molecule has 1 rings (SSSR count). The van der Waals surface area contributed by atoms with Gasteiger partial charge in [0.15, 0.2) is 20.8 Å². The largest absolute Gasteiger partial charge is 0.495 e. The van der Waals surface area contributed by atoms with E-state index in [-0.39, 0.29) is 22.8 Å². The van der Waals surface area contributed by atoms with Crippen molar-refractivity contribution in [3.8, 4) is 5.75 Å². The first-order chi connectivity index (χ1) is 9.59. The van der Waals surface area contributed by atoms with Crippen LogP contribution in [0.2, 0.25) is 0 Å². The Morgan fingerprint density at radius 3 is 2.48 bits per heavy atom. The van der Waals surface area contributed by atoms with Gasteiger partial charge in [-0.25, -0.2) is 16.8 Å². The van der Waals surface area contributed by atoms with Crippen molar-refractivity contribution in [3.05, 3.63) is 23.8 Å². The number of amidine groups is 1. The normalized spacial score (nSPS) is 13.0. The molecule has 0 saturated heterocycles. The second-order valence-corrected chi connectivity index (χ2v) is 8.36. The number of anilines is 1. The molecule has 0 aliphatic rings. The Morgan fingerprint density at radius 1 is 1.38 bits per heavy atom. The lowest BCUT2D eigenvalue weighted by molar-refractivity contribution is 0.318. The van der Waals surface area contributed by atoms with Crippen molar-refractivity contribution < 1.29 is 26.8 Å². The molecule has 1 aromatic rings. The summed E-state index contributed by atoms with van der Waals surface area (Å²) in [7, 11) is -6.67. The molecule has 21 heavy (non-hydrogen) atoms. The van der Waals surface area contributed by atoms with Crippen molar-refractivity contribution >= 4 is 31.4 Å². The number of nitrogens with zero attached hydrogens (tertiary/aromatic N) is 1. The molecule has 0 unspecified atom stereocenters. The maximum atomic E-state index is 11.9. The summed E-state index contributed by atoms with van der Waals surface area (Å²) < 4.78 is 53.0. The molecule has 11 heteroatoms. The van der Waals surface area contributed by atoms with E-state index in [1.54, 1.807) is 0 Å². The summed E-state index contributed by atoms with van der Waals surface area (Å²) in [4.78, 5) is 0. The van der Waals surface area contributed by atoms with E-state index in [0.717, 1.165) is 6.26 Å². The number of methoxy groups -OCH3 is 1. The van der Waals surface area contributed by atoms with E-state index >= 15 is 0 Å². The summed E-state index contributed by atoms with van der Waals surface area (Å²) in [5.41, 5.74) is 5.39. The lowest BCUT2D eigenvalue weighted by Gasteiger charge is -2.14. The Balaban J connectivity index is 3.36. The molecule has 0 bridgehead atoms. The van der Waals surface area contributed by atoms with Crippen molar-refractivity contribution in [2.75, 3.05) is 23.2 Å². The average molecular weight is 337 g/mol. The van der Waals surface area contributed by atoms with Crippen molar-refractivity contribution in [1.29, 1.82) is 0 Å². The molecule has 118 valence electrons. The summed E-state index contributed by atoms with van der Waals surface area (Å²) in [6.45, 7) is 0. The standard InChI is InChI=1S/C10H15N3O6S2/c1-19-8-5-3-4-7(10(11)12-14)9(8)13-21(17,18)6-20(2,15)16/h3-5,13-14H,6H2,1-2H3,(H2,11,12). The molecule has 0 atom stereocenters. The Bertz CT molecular complexity index is 755. The minimum absolute atomic E-state index is 0.0499. The summed E-state index contributed by atoms with van der Waals surface area (Å²) in [5, 5.41) is 10.4. The Morgan fingerprint density at radius 2 is 2.00 bits per heavy atom. The van der Waals surface area contributed by atoms with Crippen LogP contribution in [0.1, 0.15) is 5.56 Å². The minimum atomic E-state index is -4.20. The van der Waals surface area contributed by atoms with Gasteiger partial charge in [0.2, 0.25) is 10.0 Å². The number of para-hydroxylation sites is 1. The first-order valence-corrected chi connectivity index (χ1v) is 9.14. The first-order valence-electron chi connectivity index (χ1n) is 5.43. The van der Waals surface area contributed by atoms with Crippen LogP contribution in [0.4, 0.5) is 5.69 Å². The first kappa shape index (κ1) is 17.0. The van der Waals surface area contributed by atoms with E-state index in [2.05, 4.69) is 9.88 Å². The topological polar surface area (TPSA) is 148 Å². The van der Waals surface area contributed by atoms with Crippen LogP contribution >= 0.6 is 0 Å². The minimum Gasteiger partial charge on any atom is -0.495 e. The number of oxime groups is 1. The maximum Gasteiger partial charge on any atom is 0.247 e. The SMILES string of the molecule is COc1cccc(/C(N)=N/O)c1NS(=O)(=O)CS(C)(=O)=O. The van der Waals surface area contributed by atoms with Gasteiger partial charge in [0.05, 0.1) is 7.11 Å². The molecule has 0 fully saturated rings. The van der Waals surface area contributed by atoms with Crippen LogP contribution in [0.3, 0.4) is 0 Å². The van der Waals surface area contributed by atoms with Gasteiger partial charge < -0.3 is 15.7 Å². The molecule has 0 aromatic heterocycles. The van der Waals surface area contributed by atoms with E-state index in [9.17, 15) is 16.8 Å². The highest BCUT2D eigenvalue weighted by molar-refractivity contribution is 8.08. The van der Waals surface area contributed by atoms with Crippen molar-refractivity contribution in [1.82, 2.24) is 0 Å². The molecule has 0 aliphatic heterocycles. The van der Waals surface area contributed by atoms with Crippen molar-refractivity contribution in [3.63, 3.8) is 0 Å². The van der Waals surface area contributed by atoms with Crippen LogP contribution < -0.4 is 15.2 Å². The highest BCUT2D eigenvalue weighted by atomic mass is 32.3. The smallest absolute Gasteiger partial charge is 0.247 e. The van der Waals surface area contributed by atoms with E-state index < -0.39 is 24.9 Å². The fourth-order valence-corrected chi connectivity index (χ4v) is 4.55. The van der Waals surface area contributed by atoms with E-state index in [0.29, 0.717) is 0 Å². The molecule has 0 heterocycles. The molecule has 1 aromatic carbocycles. The molecule has 0 amide bonds. The van der Waals surface area contributed by atoms with Crippen LogP contribution in [-0.2, 0) is 19.9 Å². The van der Waals surface area contributed by atoms with Gasteiger partial charge >= 0.3 is 0 Å². The number of benzene rings is 1. The van der Waals surface area contributed by atoms with Gasteiger partial charge in [-0.15, -0.1) is 0 Å². The third kappa shape index (κ3) is 4.79. The van der Waals surface area contributed by atoms with Gasteiger partial charge in [-0.1, -0.05) is 11.2 Å². The van der Waals surface area contributed by atoms with Crippen molar-refractivity contribution in [2.24, 2.45) is 10.9 Å². The Labute approximate surface area is 122 Å². The van der Waals surface area contributed by atoms with Crippen LogP contribution in [0.15, 0.2) is 23.4 Å². The predicted molar refractivity (Wildman–Crippen MR) is 77.8 cm³/mol. The molecular weight excluding hydrogens is 322 g/mol. The third-order valence-corrected chi connectivity index (χ3v) is 5.73. The molecular formula is C10H15N3O6S2. The third-order valence-electron chi connectivity index (χ3n) is 2.26. The van der Waals surface area contributed by atoms with Gasteiger partial charge in [0.25, 0.3) is 0 Å². The van der Waals surface area contributed by atoms with Crippen LogP contribution in [-0.4, -0.2) is 46.3 Å². The fourth-order valence-electron chi connectivity index (χ4n) is 1.54. The molecule has 0 aliphatic carbocycles. The number of nitrogens with one attached hydrogen (secondary N) is 1. The highest BCUT2D eigenvalue weighted by Gasteiger charge is 2.22. The number of hydrogen-bond donors (Lipinski definition) is 3. The van der Waals surface area contributed by atoms with Gasteiger partial charge in [0, 0.05) is 11.8 Å². The highest BCUT2D eigenvalue weighted by Crippen LogP contribution is 2.29. The number of sulfone groups is 1. The lowest BCUT2D eigenvalue weighted by Crippen LogP contribution is -2.25. The van der Waals surface area contributed by atoms with Crippen LogP contribution in [0.5, 0.6) is 5.75 Å².